The predicted octanol–water partition coefficient (Wildman–Crippen LogP) is 4.02. The van der Waals surface area contributed by atoms with Crippen molar-refractivity contribution in [2.45, 2.75) is 57.0 Å². The summed E-state index contributed by atoms with van der Waals surface area (Å²) in [5.41, 5.74) is 1.91. The molecule has 28 heavy (non-hydrogen) atoms. The van der Waals surface area contributed by atoms with Crippen LogP contribution in [0.15, 0.2) is 48.5 Å². The van der Waals surface area contributed by atoms with Crippen molar-refractivity contribution in [1.82, 2.24) is 25.1 Å². The predicted molar refractivity (Wildman–Crippen MR) is 110 cm³/mol. The first-order valence-electron chi connectivity index (χ1n) is 9.90. The van der Waals surface area contributed by atoms with Crippen molar-refractivity contribution < 1.29 is 4.79 Å². The zero-order valence-electron chi connectivity index (χ0n) is 15.8. The molecule has 4 rings (SSSR count). The van der Waals surface area contributed by atoms with E-state index in [1.54, 1.807) is 23.9 Å². The number of aryl methyl sites for hydroxylation is 1. The topological polar surface area (TPSA) is 72.7 Å². The molecule has 3 heterocycles. The number of hydrogen-bond acceptors (Lipinski definition) is 5. The number of nitrogens with zero attached hydrogens (tertiary/aromatic N) is 4. The highest BCUT2D eigenvalue weighted by Crippen LogP contribution is 2.29. The maximum atomic E-state index is 12.2. The van der Waals surface area contributed by atoms with Crippen LogP contribution in [0.4, 0.5) is 0 Å². The SMILES string of the molecule is O=C(CCCc1cccs1)NC1CCC(n2cc(-c3ccncn3)cn2)CC1. The second-order valence-electron chi connectivity index (χ2n) is 7.31. The Kier molecular flexibility index (Phi) is 6.11. The zero-order chi connectivity index (χ0) is 19.2. The molecule has 1 amide bonds. The van der Waals surface area contributed by atoms with Gasteiger partial charge in [-0.25, -0.2) is 9.97 Å². The molecule has 1 N–H and O–H groups in total. The lowest BCUT2D eigenvalue weighted by atomic mass is 9.91. The third-order valence-corrected chi connectivity index (χ3v) is 6.26. The van der Waals surface area contributed by atoms with Crippen molar-refractivity contribution in [2.75, 3.05) is 0 Å². The lowest BCUT2D eigenvalue weighted by Crippen LogP contribution is -2.38. The first kappa shape index (κ1) is 18.8. The van der Waals surface area contributed by atoms with E-state index >= 15 is 0 Å². The summed E-state index contributed by atoms with van der Waals surface area (Å²) in [6.45, 7) is 0. The molecule has 0 unspecified atom stereocenters. The average molecular weight is 396 g/mol. The Morgan fingerprint density at radius 2 is 2.14 bits per heavy atom. The largest absolute Gasteiger partial charge is 0.353 e. The van der Waals surface area contributed by atoms with Gasteiger partial charge in [0.15, 0.2) is 0 Å². The third-order valence-electron chi connectivity index (χ3n) is 5.32. The molecule has 6 nitrogen and oxygen atoms in total. The van der Waals surface area contributed by atoms with E-state index in [1.807, 2.05) is 12.3 Å². The second kappa shape index (κ2) is 9.10. The molecule has 0 saturated heterocycles. The van der Waals surface area contributed by atoms with Gasteiger partial charge >= 0.3 is 0 Å². The number of carbonyl (C=O) groups excluding carboxylic acids is 1. The van der Waals surface area contributed by atoms with E-state index in [2.05, 4.69) is 48.8 Å². The minimum absolute atomic E-state index is 0.185. The summed E-state index contributed by atoms with van der Waals surface area (Å²) in [4.78, 5) is 21.8. The Bertz CT molecular complexity index is 869. The van der Waals surface area contributed by atoms with Crippen LogP contribution in [0.2, 0.25) is 0 Å². The standard InChI is InChI=1S/C21H25N5OS/c27-21(5-1-3-19-4-2-12-28-19)25-17-6-8-18(9-7-17)26-14-16(13-24-26)20-10-11-22-15-23-20/h2,4,10-15,17-18H,1,3,5-9H2,(H,25,27). The number of hydrogen-bond donors (Lipinski definition) is 1. The molecular formula is C21H25N5OS. The Balaban J connectivity index is 1.21. The van der Waals surface area contributed by atoms with Crippen LogP contribution >= 0.6 is 11.3 Å². The summed E-state index contributed by atoms with van der Waals surface area (Å²) < 4.78 is 2.05. The monoisotopic (exact) mass is 395 g/mol. The number of rotatable bonds is 7. The van der Waals surface area contributed by atoms with Gasteiger partial charge in [0.25, 0.3) is 0 Å². The van der Waals surface area contributed by atoms with Crippen LogP contribution in [0, 0.1) is 0 Å². The second-order valence-corrected chi connectivity index (χ2v) is 8.34. The fraction of sp³-hybridized carbons (Fsp3) is 0.429. The molecule has 3 aromatic rings. The van der Waals surface area contributed by atoms with E-state index in [9.17, 15) is 4.79 Å². The number of carbonyl (C=O) groups is 1. The fourth-order valence-electron chi connectivity index (χ4n) is 3.79. The Hall–Kier alpha value is -2.54. The molecule has 7 heteroatoms. The van der Waals surface area contributed by atoms with Gasteiger partial charge in [0.1, 0.15) is 6.33 Å². The van der Waals surface area contributed by atoms with Crippen LogP contribution in [0.25, 0.3) is 11.3 Å². The molecule has 0 bridgehead atoms. The highest BCUT2D eigenvalue weighted by molar-refractivity contribution is 7.09. The van der Waals surface area contributed by atoms with E-state index in [0.717, 1.165) is 49.8 Å². The molecular weight excluding hydrogens is 370 g/mol. The van der Waals surface area contributed by atoms with Crippen LogP contribution in [0.3, 0.4) is 0 Å². The number of aromatic nitrogens is 4. The minimum Gasteiger partial charge on any atom is -0.353 e. The van der Waals surface area contributed by atoms with Crippen molar-refractivity contribution in [3.05, 3.63) is 53.4 Å². The molecule has 0 atom stereocenters. The van der Waals surface area contributed by atoms with Gasteiger partial charge in [-0.15, -0.1) is 11.3 Å². The number of thiophene rings is 1. The molecule has 1 aliphatic rings. The normalized spacial score (nSPS) is 19.4. The van der Waals surface area contributed by atoms with Crippen LogP contribution in [-0.4, -0.2) is 31.7 Å². The first-order chi connectivity index (χ1) is 13.8. The van der Waals surface area contributed by atoms with Gasteiger partial charge in [0.05, 0.1) is 17.9 Å². The smallest absolute Gasteiger partial charge is 0.220 e. The summed E-state index contributed by atoms with van der Waals surface area (Å²) in [6, 6.07) is 6.78. The van der Waals surface area contributed by atoms with Crippen molar-refractivity contribution in [3.8, 4) is 11.3 Å². The third kappa shape index (κ3) is 4.84. The van der Waals surface area contributed by atoms with E-state index in [1.165, 1.54) is 4.88 Å². The summed E-state index contributed by atoms with van der Waals surface area (Å²) in [6.07, 6.45) is 13.8. The minimum atomic E-state index is 0.185. The van der Waals surface area contributed by atoms with Gasteiger partial charge in [-0.2, -0.15) is 5.10 Å². The maximum absolute atomic E-state index is 12.2. The van der Waals surface area contributed by atoms with E-state index in [-0.39, 0.29) is 5.91 Å². The van der Waals surface area contributed by atoms with Crippen molar-refractivity contribution in [3.63, 3.8) is 0 Å². The Labute approximate surface area is 169 Å². The van der Waals surface area contributed by atoms with Crippen LogP contribution in [0.5, 0.6) is 0 Å². The van der Waals surface area contributed by atoms with Gasteiger partial charge < -0.3 is 5.32 Å². The number of amides is 1. The molecule has 1 aliphatic carbocycles. The molecule has 0 aromatic carbocycles. The average Bonchev–Trinajstić information content (AvgIpc) is 3.42. The van der Waals surface area contributed by atoms with Gasteiger partial charge in [0.2, 0.25) is 5.91 Å². The van der Waals surface area contributed by atoms with E-state index < -0.39 is 0 Å². The molecule has 1 fully saturated rings. The van der Waals surface area contributed by atoms with Gasteiger partial charge in [-0.1, -0.05) is 6.07 Å². The van der Waals surface area contributed by atoms with Crippen LogP contribution in [-0.2, 0) is 11.2 Å². The quantitative estimate of drug-likeness (QED) is 0.656. The summed E-state index contributed by atoms with van der Waals surface area (Å²) in [7, 11) is 0. The van der Waals surface area contributed by atoms with Gasteiger partial charge in [-0.05, 0) is 56.0 Å². The van der Waals surface area contributed by atoms with Crippen molar-refractivity contribution in [2.24, 2.45) is 0 Å². The molecule has 0 spiro atoms. The Morgan fingerprint density at radius 1 is 1.25 bits per heavy atom. The highest BCUT2D eigenvalue weighted by atomic mass is 32.1. The van der Waals surface area contributed by atoms with E-state index in [0.29, 0.717) is 18.5 Å². The summed E-state index contributed by atoms with van der Waals surface area (Å²) in [5.74, 6) is 0.185. The number of nitrogens with one attached hydrogen (secondary N) is 1. The highest BCUT2D eigenvalue weighted by Gasteiger charge is 2.24. The van der Waals surface area contributed by atoms with Crippen LogP contribution < -0.4 is 5.32 Å². The summed E-state index contributed by atoms with van der Waals surface area (Å²) >= 11 is 1.76. The molecule has 0 radical (unpaired) electrons. The van der Waals surface area contributed by atoms with Crippen molar-refractivity contribution in [1.29, 1.82) is 0 Å². The van der Waals surface area contributed by atoms with E-state index in [4.69, 9.17) is 0 Å². The van der Waals surface area contributed by atoms with Gasteiger partial charge in [0, 0.05) is 35.3 Å². The molecule has 3 aromatic heterocycles. The molecule has 146 valence electrons. The van der Waals surface area contributed by atoms with Gasteiger partial charge in [-0.3, -0.25) is 9.48 Å². The van der Waals surface area contributed by atoms with Crippen molar-refractivity contribution >= 4 is 17.2 Å². The molecule has 1 saturated carbocycles. The Morgan fingerprint density at radius 3 is 2.89 bits per heavy atom. The fourth-order valence-corrected chi connectivity index (χ4v) is 4.55. The summed E-state index contributed by atoms with van der Waals surface area (Å²) in [5, 5.41) is 9.84. The zero-order valence-corrected chi connectivity index (χ0v) is 16.6. The maximum Gasteiger partial charge on any atom is 0.220 e. The first-order valence-corrected chi connectivity index (χ1v) is 10.8. The molecule has 0 aliphatic heterocycles. The lowest BCUT2D eigenvalue weighted by molar-refractivity contribution is -0.122. The lowest BCUT2D eigenvalue weighted by Gasteiger charge is -2.29. The van der Waals surface area contributed by atoms with Crippen LogP contribution in [0.1, 0.15) is 49.4 Å².